The summed E-state index contributed by atoms with van der Waals surface area (Å²) in [5.74, 6) is -1.11. The van der Waals surface area contributed by atoms with Gasteiger partial charge in [-0.1, -0.05) is 41.4 Å². The Morgan fingerprint density at radius 2 is 1.64 bits per heavy atom. The smallest absolute Gasteiger partial charge is 0.273 e. The van der Waals surface area contributed by atoms with Gasteiger partial charge in [-0.25, -0.2) is 8.42 Å². The summed E-state index contributed by atoms with van der Waals surface area (Å²) in [6, 6.07) is 13.3. The number of nitrogens with one attached hydrogen (secondary N) is 1. The van der Waals surface area contributed by atoms with Gasteiger partial charge in [-0.15, -0.1) is 0 Å². The van der Waals surface area contributed by atoms with Gasteiger partial charge in [-0.3, -0.25) is 24.0 Å². The Kier molecular flexibility index (Phi) is 10.9. The number of halogens is 2. The van der Waals surface area contributed by atoms with Crippen molar-refractivity contribution in [1.82, 2.24) is 10.2 Å². The molecule has 0 saturated carbocycles. The summed E-state index contributed by atoms with van der Waals surface area (Å²) in [7, 11) is -3.31. The molecule has 11 nitrogen and oxygen atoms in total. The molecule has 1 atom stereocenters. The zero-order chi connectivity index (χ0) is 33.0. The fourth-order valence-corrected chi connectivity index (χ4v) is 6.02. The van der Waals surface area contributed by atoms with Crippen molar-refractivity contribution in [2.45, 2.75) is 57.6 Å². The Morgan fingerprint density at radius 1 is 1.02 bits per heavy atom. The number of hydrogen-bond acceptors (Lipinski definition) is 7. The van der Waals surface area contributed by atoms with Crippen LogP contribution in [0.25, 0.3) is 0 Å². The second kappa shape index (κ2) is 13.8. The summed E-state index contributed by atoms with van der Waals surface area (Å²) in [5, 5.41) is 15.1. The van der Waals surface area contributed by atoms with Crippen molar-refractivity contribution in [2.24, 2.45) is 0 Å². The van der Waals surface area contributed by atoms with E-state index in [1.54, 1.807) is 45.0 Å². The number of aryl methyl sites for hydroxylation is 1. The van der Waals surface area contributed by atoms with Crippen molar-refractivity contribution in [3.63, 3.8) is 0 Å². The molecule has 44 heavy (non-hydrogen) atoms. The third kappa shape index (κ3) is 8.40. The molecule has 0 spiro atoms. The number of benzene rings is 3. The lowest BCUT2D eigenvalue weighted by atomic mass is 10.1. The lowest BCUT2D eigenvalue weighted by molar-refractivity contribution is -0.385. The molecular formula is C30H34Cl2N4O7S. The van der Waals surface area contributed by atoms with Crippen LogP contribution in [0.2, 0.25) is 10.0 Å². The number of carbonyl (C=O) groups excluding carboxylic acids is 2. The van der Waals surface area contributed by atoms with E-state index in [1.165, 1.54) is 56.2 Å². The SMILES string of the molecule is COc1ccc(Cl)cc1N(CC(=O)N(Cc1ccc(Cl)cc1)[C@@H](C)C(=O)NC(C)(C)C)S(=O)(=O)c1ccc(C)c([N+](=O)[O-])c1. The number of hydrogen-bond donors (Lipinski definition) is 1. The van der Waals surface area contributed by atoms with E-state index in [0.29, 0.717) is 10.6 Å². The van der Waals surface area contributed by atoms with Crippen LogP contribution in [-0.4, -0.2) is 55.3 Å². The first-order valence-corrected chi connectivity index (χ1v) is 15.6. The van der Waals surface area contributed by atoms with Gasteiger partial charge in [-0.05, 0) is 76.6 Å². The van der Waals surface area contributed by atoms with E-state index in [9.17, 15) is 28.1 Å². The molecule has 0 aliphatic rings. The summed E-state index contributed by atoms with van der Waals surface area (Å²) < 4.78 is 34.6. The van der Waals surface area contributed by atoms with E-state index in [1.807, 2.05) is 0 Å². The lowest BCUT2D eigenvalue weighted by Crippen LogP contribution is -2.54. The second-order valence-electron chi connectivity index (χ2n) is 11.1. The van der Waals surface area contributed by atoms with E-state index < -0.39 is 55.5 Å². The molecule has 0 heterocycles. The number of amides is 2. The summed E-state index contributed by atoms with van der Waals surface area (Å²) in [5.41, 5.74) is -0.196. The van der Waals surface area contributed by atoms with Gasteiger partial charge in [0.1, 0.15) is 18.3 Å². The first kappa shape index (κ1) is 34.6. The Hall–Kier alpha value is -3.87. The number of carbonyl (C=O) groups is 2. The van der Waals surface area contributed by atoms with Crippen LogP contribution in [-0.2, 0) is 26.2 Å². The number of nitro benzene ring substituents is 1. The summed E-state index contributed by atoms with van der Waals surface area (Å²) in [4.78, 5) is 39.2. The molecule has 0 aromatic heterocycles. The van der Waals surface area contributed by atoms with Crippen molar-refractivity contribution in [3.8, 4) is 5.75 Å². The van der Waals surface area contributed by atoms with Gasteiger partial charge in [0.25, 0.3) is 15.7 Å². The summed E-state index contributed by atoms with van der Waals surface area (Å²) in [6.07, 6.45) is 0. The minimum absolute atomic E-state index is 0.0503. The van der Waals surface area contributed by atoms with Crippen LogP contribution in [0, 0.1) is 17.0 Å². The number of ether oxygens (including phenoxy) is 1. The number of nitrogens with zero attached hydrogens (tertiary/aromatic N) is 3. The van der Waals surface area contributed by atoms with Crippen molar-refractivity contribution in [2.75, 3.05) is 18.0 Å². The molecule has 2 amide bonds. The van der Waals surface area contributed by atoms with Crippen molar-refractivity contribution < 1.29 is 27.7 Å². The number of sulfonamides is 1. The summed E-state index contributed by atoms with van der Waals surface area (Å²) in [6.45, 7) is 7.56. The van der Waals surface area contributed by atoms with Crippen LogP contribution in [0.4, 0.5) is 11.4 Å². The Bertz CT molecular complexity index is 1660. The first-order chi connectivity index (χ1) is 20.4. The third-order valence-corrected chi connectivity index (χ3v) is 8.83. The van der Waals surface area contributed by atoms with Crippen LogP contribution >= 0.6 is 23.2 Å². The quantitative estimate of drug-likeness (QED) is 0.203. The van der Waals surface area contributed by atoms with E-state index in [2.05, 4.69) is 5.32 Å². The molecule has 3 aromatic rings. The molecular weight excluding hydrogens is 631 g/mol. The monoisotopic (exact) mass is 664 g/mol. The lowest BCUT2D eigenvalue weighted by Gasteiger charge is -2.33. The van der Waals surface area contributed by atoms with Crippen LogP contribution < -0.4 is 14.4 Å². The second-order valence-corrected chi connectivity index (χ2v) is 13.8. The molecule has 3 rings (SSSR count). The molecule has 0 aliphatic carbocycles. The van der Waals surface area contributed by atoms with Gasteiger partial charge in [0.2, 0.25) is 11.8 Å². The molecule has 3 aromatic carbocycles. The van der Waals surface area contributed by atoms with Crippen LogP contribution in [0.5, 0.6) is 5.75 Å². The van der Waals surface area contributed by atoms with Crippen molar-refractivity contribution in [3.05, 3.63) is 92.0 Å². The standard InChI is InChI=1S/C30H34Cl2N4O7S/c1-19-7-13-24(16-25(19)36(39)40)44(41,42)35(26-15-23(32)12-14-27(26)43-6)18-28(37)34(17-21-8-10-22(31)11-9-21)20(2)29(38)33-30(3,4)5/h7-16,20H,17-18H2,1-6H3,(H,33,38)/t20-/m0/s1. The van der Waals surface area contributed by atoms with E-state index in [4.69, 9.17) is 27.9 Å². The minimum Gasteiger partial charge on any atom is -0.495 e. The third-order valence-electron chi connectivity index (χ3n) is 6.59. The molecule has 236 valence electrons. The van der Waals surface area contributed by atoms with Crippen LogP contribution in [0.15, 0.2) is 65.6 Å². The molecule has 0 aliphatic heterocycles. The number of anilines is 1. The normalized spacial score (nSPS) is 12.3. The zero-order valence-corrected chi connectivity index (χ0v) is 27.5. The fourth-order valence-electron chi connectivity index (χ4n) is 4.29. The van der Waals surface area contributed by atoms with Gasteiger partial charge in [0.05, 0.1) is 22.6 Å². The highest BCUT2D eigenvalue weighted by Crippen LogP contribution is 2.36. The van der Waals surface area contributed by atoms with E-state index >= 15 is 0 Å². The predicted octanol–water partition coefficient (Wildman–Crippen LogP) is 5.75. The van der Waals surface area contributed by atoms with Gasteiger partial charge in [0.15, 0.2) is 0 Å². The summed E-state index contributed by atoms with van der Waals surface area (Å²) >= 11 is 12.3. The topological polar surface area (TPSA) is 139 Å². The van der Waals surface area contributed by atoms with Gasteiger partial charge in [0, 0.05) is 33.8 Å². The Balaban J connectivity index is 2.16. The Morgan fingerprint density at radius 3 is 2.20 bits per heavy atom. The minimum atomic E-state index is -4.63. The largest absolute Gasteiger partial charge is 0.495 e. The number of rotatable bonds is 11. The molecule has 0 radical (unpaired) electrons. The van der Waals surface area contributed by atoms with Gasteiger partial charge >= 0.3 is 0 Å². The van der Waals surface area contributed by atoms with E-state index in [-0.39, 0.29) is 28.6 Å². The molecule has 0 saturated heterocycles. The number of nitro groups is 1. The zero-order valence-electron chi connectivity index (χ0n) is 25.1. The van der Waals surface area contributed by atoms with Crippen LogP contribution in [0.1, 0.15) is 38.8 Å². The van der Waals surface area contributed by atoms with Gasteiger partial charge in [-0.2, -0.15) is 0 Å². The van der Waals surface area contributed by atoms with Crippen molar-refractivity contribution in [1.29, 1.82) is 0 Å². The van der Waals surface area contributed by atoms with Crippen LogP contribution in [0.3, 0.4) is 0 Å². The maximum absolute atomic E-state index is 14.2. The first-order valence-electron chi connectivity index (χ1n) is 13.4. The molecule has 1 N–H and O–H groups in total. The maximum Gasteiger partial charge on any atom is 0.273 e. The van der Waals surface area contributed by atoms with Gasteiger partial charge < -0.3 is 15.0 Å². The molecule has 0 fully saturated rings. The van der Waals surface area contributed by atoms with E-state index in [0.717, 1.165) is 10.4 Å². The fraction of sp³-hybridized carbons (Fsp3) is 0.333. The number of methoxy groups -OCH3 is 1. The average molecular weight is 666 g/mol. The molecule has 14 heteroatoms. The highest BCUT2D eigenvalue weighted by Gasteiger charge is 2.35. The molecule has 0 unspecified atom stereocenters. The highest BCUT2D eigenvalue weighted by atomic mass is 35.5. The maximum atomic E-state index is 14.2. The molecule has 0 bridgehead atoms. The average Bonchev–Trinajstić information content (AvgIpc) is 2.94. The van der Waals surface area contributed by atoms with Crippen molar-refractivity contribution >= 4 is 56.4 Å². The highest BCUT2D eigenvalue weighted by molar-refractivity contribution is 7.92. The predicted molar refractivity (Wildman–Crippen MR) is 170 cm³/mol. The Labute approximate surface area is 266 Å².